The molecule has 2 aromatic carbocycles. The van der Waals surface area contributed by atoms with Gasteiger partial charge in [0.2, 0.25) is 5.91 Å². The SMILES string of the molecule is Cc1ccc(CN(Cc2ccccc2)C(=O)CN(C[C@H]2CCCO2)C(=O)c2ccc(C(F)(F)F)cc2)s1. The van der Waals surface area contributed by atoms with E-state index in [0.717, 1.165) is 52.4 Å². The smallest absolute Gasteiger partial charge is 0.376 e. The second kappa shape index (κ2) is 11.9. The topological polar surface area (TPSA) is 49.9 Å². The number of alkyl halides is 3. The number of carbonyl (C=O) groups excluding carboxylic acids is 2. The predicted octanol–water partition coefficient (Wildman–Crippen LogP) is 5.93. The summed E-state index contributed by atoms with van der Waals surface area (Å²) in [5, 5.41) is 0. The number of aryl methyl sites for hydroxylation is 1. The highest BCUT2D eigenvalue weighted by molar-refractivity contribution is 7.11. The number of hydrogen-bond donors (Lipinski definition) is 0. The Labute approximate surface area is 218 Å². The van der Waals surface area contributed by atoms with Crippen LogP contribution in [0.15, 0.2) is 66.7 Å². The Morgan fingerprint density at radius 3 is 2.30 bits per heavy atom. The molecule has 9 heteroatoms. The molecule has 1 fully saturated rings. The average molecular weight is 531 g/mol. The van der Waals surface area contributed by atoms with Gasteiger partial charge in [-0.15, -0.1) is 11.3 Å². The molecule has 4 rings (SSSR count). The predicted molar refractivity (Wildman–Crippen MR) is 136 cm³/mol. The number of nitrogens with zero attached hydrogens (tertiary/aromatic N) is 2. The van der Waals surface area contributed by atoms with Crippen LogP contribution >= 0.6 is 11.3 Å². The molecule has 5 nitrogen and oxygen atoms in total. The van der Waals surface area contributed by atoms with Crippen LogP contribution in [0.4, 0.5) is 13.2 Å². The number of amides is 2. The van der Waals surface area contributed by atoms with Crippen LogP contribution in [-0.4, -0.2) is 47.4 Å². The van der Waals surface area contributed by atoms with Gasteiger partial charge in [-0.2, -0.15) is 13.2 Å². The number of benzene rings is 2. The van der Waals surface area contributed by atoms with Crippen molar-refractivity contribution in [2.75, 3.05) is 19.7 Å². The number of halogens is 3. The number of rotatable bonds is 9. The van der Waals surface area contributed by atoms with E-state index in [1.165, 1.54) is 4.90 Å². The maximum atomic E-state index is 13.6. The van der Waals surface area contributed by atoms with E-state index < -0.39 is 17.6 Å². The molecule has 0 aliphatic carbocycles. The van der Waals surface area contributed by atoms with Gasteiger partial charge in [-0.1, -0.05) is 30.3 Å². The van der Waals surface area contributed by atoms with E-state index in [2.05, 4.69) is 0 Å². The van der Waals surface area contributed by atoms with Gasteiger partial charge in [0, 0.05) is 35.0 Å². The Kier molecular flexibility index (Phi) is 8.66. The van der Waals surface area contributed by atoms with Gasteiger partial charge >= 0.3 is 6.18 Å². The number of carbonyl (C=O) groups is 2. The minimum Gasteiger partial charge on any atom is -0.376 e. The zero-order valence-electron chi connectivity index (χ0n) is 20.5. The highest BCUT2D eigenvalue weighted by Crippen LogP contribution is 2.29. The van der Waals surface area contributed by atoms with Crippen LogP contribution in [-0.2, 0) is 28.8 Å². The lowest BCUT2D eigenvalue weighted by molar-refractivity contribution is -0.137. The van der Waals surface area contributed by atoms with Crippen molar-refractivity contribution in [3.05, 3.63) is 93.2 Å². The van der Waals surface area contributed by atoms with Crippen LogP contribution in [0.1, 0.15) is 44.1 Å². The molecule has 0 bridgehead atoms. The summed E-state index contributed by atoms with van der Waals surface area (Å²) in [6, 6.07) is 17.7. The van der Waals surface area contributed by atoms with Gasteiger partial charge in [0.1, 0.15) is 6.54 Å². The highest BCUT2D eigenvalue weighted by Gasteiger charge is 2.31. The molecule has 0 spiro atoms. The Hall–Kier alpha value is -3.17. The van der Waals surface area contributed by atoms with E-state index >= 15 is 0 Å². The summed E-state index contributed by atoms with van der Waals surface area (Å²) in [7, 11) is 0. The third-order valence-corrected chi connectivity index (χ3v) is 7.22. The first-order valence-electron chi connectivity index (χ1n) is 12.1. The summed E-state index contributed by atoms with van der Waals surface area (Å²) >= 11 is 1.61. The van der Waals surface area contributed by atoms with Crippen LogP contribution in [0.2, 0.25) is 0 Å². The van der Waals surface area contributed by atoms with Crippen molar-refractivity contribution in [1.29, 1.82) is 0 Å². The Bertz CT molecular complexity index is 1190. The third kappa shape index (κ3) is 7.42. The third-order valence-electron chi connectivity index (χ3n) is 6.23. The van der Waals surface area contributed by atoms with Crippen molar-refractivity contribution in [2.45, 2.75) is 45.1 Å². The monoisotopic (exact) mass is 530 g/mol. The van der Waals surface area contributed by atoms with Crippen molar-refractivity contribution in [1.82, 2.24) is 9.80 Å². The molecule has 0 saturated carbocycles. The van der Waals surface area contributed by atoms with Crippen molar-refractivity contribution >= 4 is 23.2 Å². The minimum absolute atomic E-state index is 0.0993. The van der Waals surface area contributed by atoms with Gasteiger partial charge in [-0.25, -0.2) is 0 Å². The number of thiophene rings is 1. The number of hydrogen-bond acceptors (Lipinski definition) is 4. The van der Waals surface area contributed by atoms with Crippen LogP contribution in [0.3, 0.4) is 0 Å². The first-order chi connectivity index (χ1) is 17.7. The van der Waals surface area contributed by atoms with E-state index in [1.54, 1.807) is 16.2 Å². The van der Waals surface area contributed by atoms with Crippen molar-refractivity contribution in [2.24, 2.45) is 0 Å². The van der Waals surface area contributed by atoms with Crippen molar-refractivity contribution in [3.8, 4) is 0 Å². The zero-order valence-corrected chi connectivity index (χ0v) is 21.4. The molecule has 0 radical (unpaired) electrons. The fraction of sp³-hybridized carbons (Fsp3) is 0.357. The van der Waals surface area contributed by atoms with Crippen molar-refractivity contribution in [3.63, 3.8) is 0 Å². The van der Waals surface area contributed by atoms with Gasteiger partial charge < -0.3 is 14.5 Å². The molecule has 1 atom stereocenters. The zero-order chi connectivity index (χ0) is 26.4. The molecule has 1 aliphatic heterocycles. The van der Waals surface area contributed by atoms with E-state index in [1.807, 2.05) is 49.4 Å². The van der Waals surface area contributed by atoms with E-state index in [0.29, 0.717) is 19.7 Å². The molecule has 2 heterocycles. The summed E-state index contributed by atoms with van der Waals surface area (Å²) in [6.07, 6.45) is -3.09. The van der Waals surface area contributed by atoms with Gasteiger partial charge in [0.15, 0.2) is 0 Å². The number of ether oxygens (including phenoxy) is 1. The molecule has 3 aromatic rings. The lowest BCUT2D eigenvalue weighted by atomic mass is 10.1. The first kappa shape index (κ1) is 26.9. The Morgan fingerprint density at radius 1 is 0.973 bits per heavy atom. The second-order valence-corrected chi connectivity index (χ2v) is 10.5. The highest BCUT2D eigenvalue weighted by atomic mass is 32.1. The molecule has 37 heavy (non-hydrogen) atoms. The molecule has 196 valence electrons. The van der Waals surface area contributed by atoms with Crippen molar-refractivity contribution < 1.29 is 27.5 Å². The molecule has 0 N–H and O–H groups in total. The van der Waals surface area contributed by atoms with Crippen LogP contribution < -0.4 is 0 Å². The van der Waals surface area contributed by atoms with Crippen LogP contribution in [0.25, 0.3) is 0 Å². The molecule has 0 unspecified atom stereocenters. The fourth-order valence-electron chi connectivity index (χ4n) is 4.30. The Balaban J connectivity index is 1.55. The summed E-state index contributed by atoms with van der Waals surface area (Å²) in [5.41, 5.74) is 0.234. The molecule has 1 aliphatic rings. The molecular weight excluding hydrogens is 501 g/mol. The normalized spacial score (nSPS) is 15.5. The summed E-state index contributed by atoms with van der Waals surface area (Å²) < 4.78 is 44.7. The molecule has 1 aromatic heterocycles. The largest absolute Gasteiger partial charge is 0.416 e. The maximum Gasteiger partial charge on any atom is 0.416 e. The minimum atomic E-state index is -4.49. The average Bonchev–Trinajstić information content (AvgIpc) is 3.54. The van der Waals surface area contributed by atoms with Crippen LogP contribution in [0, 0.1) is 6.92 Å². The van der Waals surface area contributed by atoms with Gasteiger partial charge in [-0.3, -0.25) is 9.59 Å². The quantitative estimate of drug-likeness (QED) is 0.345. The second-order valence-electron chi connectivity index (χ2n) is 9.14. The lowest BCUT2D eigenvalue weighted by Gasteiger charge is -2.29. The maximum absolute atomic E-state index is 13.6. The summed E-state index contributed by atoms with van der Waals surface area (Å²) in [5.74, 6) is -0.739. The molecular formula is C28H29F3N2O3S. The fourth-order valence-corrected chi connectivity index (χ4v) is 5.20. The van der Waals surface area contributed by atoms with Gasteiger partial charge in [-0.05, 0) is 61.7 Å². The standard InChI is InChI=1S/C28H29F3N2O3S/c1-20-9-14-25(37-20)18-32(16-21-6-3-2-4-7-21)26(34)19-33(17-24-8-5-15-36-24)27(35)22-10-12-23(13-11-22)28(29,30)31/h2-4,6-7,9-14,24H,5,8,15-19H2,1H3/t24-/m1/s1. The first-order valence-corrected chi connectivity index (χ1v) is 13.0. The van der Waals surface area contributed by atoms with E-state index in [4.69, 9.17) is 4.74 Å². The Morgan fingerprint density at radius 2 is 1.70 bits per heavy atom. The van der Waals surface area contributed by atoms with Crippen LogP contribution in [0.5, 0.6) is 0 Å². The van der Waals surface area contributed by atoms with E-state index in [-0.39, 0.29) is 30.7 Å². The molecule has 2 amide bonds. The summed E-state index contributed by atoms with van der Waals surface area (Å²) in [6.45, 7) is 3.36. The molecule has 1 saturated heterocycles. The van der Waals surface area contributed by atoms with E-state index in [9.17, 15) is 22.8 Å². The van der Waals surface area contributed by atoms with Gasteiger partial charge in [0.05, 0.1) is 18.2 Å². The van der Waals surface area contributed by atoms with Gasteiger partial charge in [0.25, 0.3) is 5.91 Å². The summed E-state index contributed by atoms with van der Waals surface area (Å²) in [4.78, 5) is 32.3. The lowest BCUT2D eigenvalue weighted by Crippen LogP contribution is -2.45.